The number of allylic oxidation sites excluding steroid dienone is 1. The highest BCUT2D eigenvalue weighted by Crippen LogP contribution is 2.37. The van der Waals surface area contributed by atoms with Crippen molar-refractivity contribution in [2.75, 3.05) is 7.11 Å². The third-order valence-electron chi connectivity index (χ3n) is 7.18. The van der Waals surface area contributed by atoms with Gasteiger partial charge in [0.25, 0.3) is 0 Å². The molecule has 0 unspecified atom stereocenters. The summed E-state index contributed by atoms with van der Waals surface area (Å²) in [5.41, 5.74) is -1.63. The number of nitrogens with zero attached hydrogens (tertiary/aromatic N) is 3. The van der Waals surface area contributed by atoms with E-state index in [-0.39, 0.29) is 18.4 Å². The van der Waals surface area contributed by atoms with E-state index in [0.717, 1.165) is 4.47 Å². The van der Waals surface area contributed by atoms with Gasteiger partial charge in [0.15, 0.2) is 0 Å². The molecule has 0 aliphatic rings. The second kappa shape index (κ2) is 12.9. The van der Waals surface area contributed by atoms with Crippen LogP contribution in [0.5, 0.6) is 5.75 Å². The molecule has 0 saturated heterocycles. The van der Waals surface area contributed by atoms with Crippen LogP contribution in [0.1, 0.15) is 75.9 Å². The maximum atomic E-state index is 13.8. The molecule has 3 aromatic rings. The molecule has 0 spiro atoms. The number of aliphatic carboxylic acids is 1. The molecule has 230 valence electrons. The second-order valence-electron chi connectivity index (χ2n) is 12.3. The molecule has 44 heavy (non-hydrogen) atoms. The van der Waals surface area contributed by atoms with E-state index in [1.807, 2.05) is 0 Å². The number of aromatic nitrogens is 1. The first-order valence-corrected chi connectivity index (χ1v) is 14.5. The summed E-state index contributed by atoms with van der Waals surface area (Å²) >= 11 is 3.46. The quantitative estimate of drug-likeness (QED) is 0.241. The third-order valence-corrected chi connectivity index (χ3v) is 7.67. The van der Waals surface area contributed by atoms with E-state index in [9.17, 15) is 30.0 Å². The fourth-order valence-corrected chi connectivity index (χ4v) is 5.23. The van der Waals surface area contributed by atoms with Gasteiger partial charge in [0.05, 0.1) is 35.9 Å². The number of hydrogen-bond donors (Lipinski definition) is 2. The number of hydrogen-bond acceptors (Lipinski definition) is 7. The lowest BCUT2D eigenvalue weighted by Crippen LogP contribution is -2.63. The Morgan fingerprint density at radius 1 is 1.07 bits per heavy atom. The van der Waals surface area contributed by atoms with Crippen LogP contribution in [0.15, 0.2) is 47.1 Å². The lowest BCUT2D eigenvalue weighted by Gasteiger charge is -2.41. The molecule has 1 amide bonds. The molecule has 0 saturated carbocycles. The van der Waals surface area contributed by atoms with Crippen LogP contribution in [0.2, 0.25) is 0 Å². The van der Waals surface area contributed by atoms with Gasteiger partial charge in [-0.25, -0.2) is 9.59 Å². The molecule has 0 aliphatic heterocycles. The average molecular weight is 664 g/mol. The van der Waals surface area contributed by atoms with Crippen LogP contribution in [0.3, 0.4) is 0 Å². The van der Waals surface area contributed by atoms with E-state index in [2.05, 4.69) is 33.4 Å². The number of carbonyl (C=O) groups excluding carboxylic acids is 2. The summed E-state index contributed by atoms with van der Waals surface area (Å²) in [7, 11) is 1.48. The van der Waals surface area contributed by atoms with Gasteiger partial charge in [0, 0.05) is 33.6 Å². The Kier molecular flexibility index (Phi) is 9.97. The van der Waals surface area contributed by atoms with Crippen molar-refractivity contribution in [2.24, 2.45) is 5.41 Å². The maximum absolute atomic E-state index is 13.8. The first-order valence-electron chi connectivity index (χ1n) is 13.7. The SMILES string of the molecule is COc1ccc(C#N)cc1C=C(C#N)c1cn(C(=O)CC[C@](NC(=O)OC(C)(C)C)(C(=O)O)C(C)(C)C)c2ccc(Br)cc12. The first-order chi connectivity index (χ1) is 20.5. The standard InChI is InChI=1S/C33H35BrN4O6/c1-31(2,3)33(29(40)41,37-30(42)44-32(4,5)6)13-12-28(39)38-19-25(24-16-23(34)9-10-26(24)38)22(18-36)15-21-14-20(17-35)8-11-27(21)43-7/h8-11,14-16,19H,12-13H2,1-7H3,(H,37,42)(H,40,41)/t33-/m0/s1. The van der Waals surface area contributed by atoms with Gasteiger partial charge in [-0.1, -0.05) is 36.7 Å². The van der Waals surface area contributed by atoms with Gasteiger partial charge in [-0.3, -0.25) is 9.36 Å². The highest BCUT2D eigenvalue weighted by Gasteiger charge is 2.51. The second-order valence-corrected chi connectivity index (χ2v) is 13.2. The normalized spacial score (nSPS) is 13.4. The molecule has 3 rings (SSSR count). The Labute approximate surface area is 265 Å². The summed E-state index contributed by atoms with van der Waals surface area (Å²) in [5.74, 6) is -1.28. The van der Waals surface area contributed by atoms with Crippen LogP contribution < -0.4 is 10.1 Å². The summed E-state index contributed by atoms with van der Waals surface area (Å²) in [6.07, 6.45) is 1.75. The number of nitrogens with one attached hydrogen (secondary N) is 1. The third kappa shape index (κ3) is 7.29. The van der Waals surface area contributed by atoms with Crippen LogP contribution >= 0.6 is 15.9 Å². The number of rotatable bonds is 8. The number of alkyl carbamates (subject to hydrolysis) is 1. The van der Waals surface area contributed by atoms with Crippen molar-refractivity contribution in [3.63, 3.8) is 0 Å². The van der Waals surface area contributed by atoms with Crippen molar-refractivity contribution < 1.29 is 29.0 Å². The minimum Gasteiger partial charge on any atom is -0.496 e. The largest absolute Gasteiger partial charge is 0.496 e. The smallest absolute Gasteiger partial charge is 0.408 e. The first kappa shape index (κ1) is 33.9. The molecule has 2 N–H and O–H groups in total. The molecular weight excluding hydrogens is 628 g/mol. The van der Waals surface area contributed by atoms with Crippen molar-refractivity contribution in [1.29, 1.82) is 10.5 Å². The number of benzene rings is 2. The fourth-order valence-electron chi connectivity index (χ4n) is 4.86. The monoisotopic (exact) mass is 662 g/mol. The van der Waals surface area contributed by atoms with Crippen molar-refractivity contribution >= 4 is 56.5 Å². The van der Waals surface area contributed by atoms with Crippen LogP contribution in [-0.2, 0) is 9.53 Å². The molecule has 10 nitrogen and oxygen atoms in total. The zero-order chi connectivity index (χ0) is 33.0. The zero-order valence-electron chi connectivity index (χ0n) is 25.7. The summed E-state index contributed by atoms with van der Waals surface area (Å²) in [6, 6.07) is 14.4. The number of methoxy groups -OCH3 is 1. The van der Waals surface area contributed by atoms with Crippen molar-refractivity contribution in [2.45, 2.75) is 65.5 Å². The predicted octanol–water partition coefficient (Wildman–Crippen LogP) is 7.16. The van der Waals surface area contributed by atoms with E-state index >= 15 is 0 Å². The Morgan fingerprint density at radius 2 is 1.75 bits per heavy atom. The molecule has 0 radical (unpaired) electrons. The number of carbonyl (C=O) groups is 3. The Balaban J connectivity index is 2.09. The number of carboxylic acids is 1. The van der Waals surface area contributed by atoms with Gasteiger partial charge in [0.1, 0.15) is 16.9 Å². The van der Waals surface area contributed by atoms with E-state index in [4.69, 9.17) is 9.47 Å². The van der Waals surface area contributed by atoms with Crippen LogP contribution in [0.4, 0.5) is 4.79 Å². The number of nitriles is 2. The van der Waals surface area contributed by atoms with Crippen LogP contribution in [0, 0.1) is 28.1 Å². The lowest BCUT2D eigenvalue weighted by atomic mass is 9.70. The summed E-state index contributed by atoms with van der Waals surface area (Å²) in [5, 5.41) is 33.1. The summed E-state index contributed by atoms with van der Waals surface area (Å²) in [6.45, 7) is 10.0. The van der Waals surface area contributed by atoms with Crippen molar-refractivity contribution in [1.82, 2.24) is 9.88 Å². The Hall–Kier alpha value is -4.61. The predicted molar refractivity (Wildman–Crippen MR) is 170 cm³/mol. The molecule has 0 aliphatic carbocycles. The zero-order valence-corrected chi connectivity index (χ0v) is 27.3. The van der Waals surface area contributed by atoms with Crippen molar-refractivity contribution in [3.05, 3.63) is 63.8 Å². The fraction of sp³-hybridized carbons (Fsp3) is 0.364. The topological polar surface area (TPSA) is 154 Å². The minimum atomic E-state index is -1.83. The number of amides is 1. The van der Waals surface area contributed by atoms with E-state index in [0.29, 0.717) is 33.3 Å². The van der Waals surface area contributed by atoms with Gasteiger partial charge in [-0.05, 0) is 75.1 Å². The highest BCUT2D eigenvalue weighted by atomic mass is 79.9. The summed E-state index contributed by atoms with van der Waals surface area (Å²) in [4.78, 5) is 39.2. The van der Waals surface area contributed by atoms with E-state index < -0.39 is 34.5 Å². The molecule has 11 heteroatoms. The lowest BCUT2D eigenvalue weighted by molar-refractivity contribution is -0.150. The number of carboxylic acid groups (broad SMARTS) is 1. The molecule has 2 aromatic carbocycles. The minimum absolute atomic E-state index is 0.217. The van der Waals surface area contributed by atoms with Gasteiger partial charge >= 0.3 is 12.1 Å². The molecule has 0 fully saturated rings. The van der Waals surface area contributed by atoms with Gasteiger partial charge in [-0.2, -0.15) is 10.5 Å². The average Bonchev–Trinajstić information content (AvgIpc) is 3.30. The Bertz CT molecular complexity index is 1730. The number of ether oxygens (including phenoxy) is 2. The van der Waals surface area contributed by atoms with Gasteiger partial charge < -0.3 is 19.9 Å². The number of halogens is 1. The molecule has 1 heterocycles. The molecule has 1 atom stereocenters. The highest BCUT2D eigenvalue weighted by molar-refractivity contribution is 9.10. The maximum Gasteiger partial charge on any atom is 0.408 e. The summed E-state index contributed by atoms with van der Waals surface area (Å²) < 4.78 is 12.9. The molecule has 0 bridgehead atoms. The van der Waals surface area contributed by atoms with Crippen LogP contribution in [0.25, 0.3) is 22.6 Å². The van der Waals surface area contributed by atoms with E-state index in [1.54, 1.807) is 84.0 Å². The number of fused-ring (bicyclic) bond motifs is 1. The van der Waals surface area contributed by atoms with Gasteiger partial charge in [0.2, 0.25) is 5.91 Å². The van der Waals surface area contributed by atoms with Crippen molar-refractivity contribution in [3.8, 4) is 17.9 Å². The molecular formula is C33H35BrN4O6. The Morgan fingerprint density at radius 3 is 2.30 bits per heavy atom. The van der Waals surface area contributed by atoms with E-state index in [1.165, 1.54) is 17.9 Å². The van der Waals surface area contributed by atoms with Crippen LogP contribution in [-0.4, -0.2) is 45.9 Å². The molecule has 1 aromatic heterocycles. The van der Waals surface area contributed by atoms with Gasteiger partial charge in [-0.15, -0.1) is 0 Å².